The first kappa shape index (κ1) is 15.4. The Morgan fingerprint density at radius 3 is 2.52 bits per heavy atom. The van der Waals surface area contributed by atoms with Gasteiger partial charge in [0, 0.05) is 42.3 Å². The molecular weight excluding hydrogens is 331 g/mol. The van der Waals surface area contributed by atoms with Crippen molar-refractivity contribution >= 4 is 15.9 Å². The van der Waals surface area contributed by atoms with Crippen LogP contribution in [0.25, 0.3) is 0 Å². The van der Waals surface area contributed by atoms with Gasteiger partial charge in [-0.3, -0.25) is 4.90 Å². The largest absolute Gasteiger partial charge is 0.314 e. The van der Waals surface area contributed by atoms with Gasteiger partial charge >= 0.3 is 0 Å². The number of halogens is 2. The Morgan fingerprint density at radius 2 is 1.86 bits per heavy atom. The number of rotatable bonds is 3. The Hall–Kier alpha value is -0.450. The number of hydrogen-bond acceptors (Lipinski definition) is 2. The molecule has 1 aliphatic carbocycles. The lowest BCUT2D eigenvalue weighted by Crippen LogP contribution is -2.47. The maximum absolute atomic E-state index is 14.5. The molecule has 116 valence electrons. The number of hydrogen-bond donors (Lipinski definition) is 1. The highest BCUT2D eigenvalue weighted by atomic mass is 79.9. The van der Waals surface area contributed by atoms with Crippen LogP contribution in [0.3, 0.4) is 0 Å². The second-order valence-electron chi connectivity index (χ2n) is 6.26. The maximum atomic E-state index is 14.5. The molecule has 1 saturated heterocycles. The highest BCUT2D eigenvalue weighted by molar-refractivity contribution is 9.10. The molecule has 1 heterocycles. The van der Waals surface area contributed by atoms with Crippen molar-refractivity contribution in [2.45, 2.75) is 38.1 Å². The molecule has 0 bridgehead atoms. The Bertz CT molecular complexity index is 430. The molecule has 3 rings (SSSR count). The monoisotopic (exact) mass is 354 g/mol. The van der Waals surface area contributed by atoms with Crippen LogP contribution in [-0.2, 0) is 0 Å². The summed E-state index contributed by atoms with van der Waals surface area (Å²) in [7, 11) is 0. The van der Waals surface area contributed by atoms with E-state index in [4.69, 9.17) is 0 Å². The van der Waals surface area contributed by atoms with Crippen LogP contribution in [0.2, 0.25) is 0 Å². The van der Waals surface area contributed by atoms with Gasteiger partial charge in [0.1, 0.15) is 5.82 Å². The number of piperazine rings is 1. The van der Waals surface area contributed by atoms with E-state index >= 15 is 0 Å². The van der Waals surface area contributed by atoms with E-state index in [-0.39, 0.29) is 11.9 Å². The molecule has 0 aromatic heterocycles. The van der Waals surface area contributed by atoms with Crippen molar-refractivity contribution in [1.82, 2.24) is 10.2 Å². The summed E-state index contributed by atoms with van der Waals surface area (Å²) < 4.78 is 15.5. The summed E-state index contributed by atoms with van der Waals surface area (Å²) in [6.45, 7) is 4.05. The second kappa shape index (κ2) is 7.21. The summed E-state index contributed by atoms with van der Waals surface area (Å²) in [6.07, 6.45) is 6.38. The third-order valence-corrected chi connectivity index (χ3v) is 5.63. The lowest BCUT2D eigenvalue weighted by Gasteiger charge is -2.41. The van der Waals surface area contributed by atoms with Gasteiger partial charge in [-0.25, -0.2) is 4.39 Å². The van der Waals surface area contributed by atoms with Gasteiger partial charge in [-0.15, -0.1) is 0 Å². The van der Waals surface area contributed by atoms with Crippen LogP contribution in [0.5, 0.6) is 0 Å². The average molecular weight is 355 g/mol. The van der Waals surface area contributed by atoms with E-state index in [1.165, 1.54) is 32.1 Å². The van der Waals surface area contributed by atoms with Crippen LogP contribution in [-0.4, -0.2) is 31.1 Å². The van der Waals surface area contributed by atoms with Gasteiger partial charge in [-0.05, 0) is 30.9 Å². The smallest absolute Gasteiger partial charge is 0.129 e. The van der Waals surface area contributed by atoms with E-state index in [0.717, 1.165) is 36.2 Å². The zero-order valence-corrected chi connectivity index (χ0v) is 14.0. The van der Waals surface area contributed by atoms with Crippen molar-refractivity contribution in [1.29, 1.82) is 0 Å². The maximum Gasteiger partial charge on any atom is 0.129 e. The first-order chi connectivity index (χ1) is 10.3. The molecule has 2 nitrogen and oxygen atoms in total. The second-order valence-corrected chi connectivity index (χ2v) is 7.12. The topological polar surface area (TPSA) is 15.3 Å². The van der Waals surface area contributed by atoms with Gasteiger partial charge in [-0.1, -0.05) is 41.3 Å². The Labute approximate surface area is 135 Å². The van der Waals surface area contributed by atoms with E-state index in [9.17, 15) is 4.39 Å². The first-order valence-electron chi connectivity index (χ1n) is 8.16. The fourth-order valence-corrected chi connectivity index (χ4v) is 4.50. The molecule has 0 spiro atoms. The minimum atomic E-state index is -0.0570. The minimum absolute atomic E-state index is 0.0570. The average Bonchev–Trinajstić information content (AvgIpc) is 2.53. The normalized spacial score (nSPS) is 23.1. The third kappa shape index (κ3) is 3.49. The molecule has 2 fully saturated rings. The molecule has 2 aliphatic rings. The molecule has 0 unspecified atom stereocenters. The number of benzene rings is 1. The Morgan fingerprint density at radius 1 is 1.14 bits per heavy atom. The van der Waals surface area contributed by atoms with E-state index in [1.807, 2.05) is 6.07 Å². The zero-order valence-electron chi connectivity index (χ0n) is 12.5. The van der Waals surface area contributed by atoms with Crippen LogP contribution >= 0.6 is 15.9 Å². The van der Waals surface area contributed by atoms with Gasteiger partial charge < -0.3 is 5.32 Å². The van der Waals surface area contributed by atoms with Crippen LogP contribution < -0.4 is 5.32 Å². The van der Waals surface area contributed by atoms with Gasteiger partial charge in [0.25, 0.3) is 0 Å². The zero-order chi connectivity index (χ0) is 14.7. The van der Waals surface area contributed by atoms with Crippen LogP contribution in [0, 0.1) is 11.7 Å². The molecular formula is C17H24BrFN2. The highest BCUT2D eigenvalue weighted by Crippen LogP contribution is 2.41. The summed E-state index contributed by atoms with van der Waals surface area (Å²) in [5.41, 5.74) is 0.881. The van der Waals surface area contributed by atoms with Gasteiger partial charge in [0.2, 0.25) is 0 Å². The van der Waals surface area contributed by atoms with Crippen molar-refractivity contribution in [2.24, 2.45) is 5.92 Å². The van der Waals surface area contributed by atoms with E-state index in [2.05, 4.69) is 26.1 Å². The predicted molar refractivity (Wildman–Crippen MR) is 87.9 cm³/mol. The third-order valence-electron chi connectivity index (χ3n) is 4.94. The highest BCUT2D eigenvalue weighted by Gasteiger charge is 2.33. The summed E-state index contributed by atoms with van der Waals surface area (Å²) >= 11 is 3.60. The molecule has 1 aromatic rings. The summed E-state index contributed by atoms with van der Waals surface area (Å²) in [6, 6.07) is 5.61. The fraction of sp³-hybridized carbons (Fsp3) is 0.647. The quantitative estimate of drug-likeness (QED) is 0.878. The van der Waals surface area contributed by atoms with Gasteiger partial charge in [0.15, 0.2) is 0 Å². The van der Waals surface area contributed by atoms with Crippen LogP contribution in [0.1, 0.15) is 43.7 Å². The molecule has 1 aliphatic heterocycles. The lowest BCUT2D eigenvalue weighted by molar-refractivity contribution is 0.100. The van der Waals surface area contributed by atoms with Crippen molar-refractivity contribution in [3.05, 3.63) is 34.1 Å². The molecule has 1 aromatic carbocycles. The Balaban J connectivity index is 1.94. The van der Waals surface area contributed by atoms with Crippen molar-refractivity contribution in [2.75, 3.05) is 26.2 Å². The number of nitrogens with one attached hydrogen (secondary N) is 1. The van der Waals surface area contributed by atoms with E-state index < -0.39 is 0 Å². The first-order valence-corrected chi connectivity index (χ1v) is 8.95. The lowest BCUT2D eigenvalue weighted by atomic mass is 9.80. The molecule has 4 heteroatoms. The molecule has 1 atom stereocenters. The summed E-state index contributed by atoms with van der Waals surface area (Å²) in [4.78, 5) is 2.50. The minimum Gasteiger partial charge on any atom is -0.314 e. The van der Waals surface area contributed by atoms with Gasteiger partial charge in [-0.2, -0.15) is 0 Å². The van der Waals surface area contributed by atoms with Crippen molar-refractivity contribution in [3.8, 4) is 0 Å². The van der Waals surface area contributed by atoms with E-state index in [1.54, 1.807) is 12.1 Å². The Kier molecular flexibility index (Phi) is 5.30. The molecule has 0 radical (unpaired) electrons. The van der Waals surface area contributed by atoms with E-state index in [0.29, 0.717) is 5.92 Å². The molecule has 1 N–H and O–H groups in total. The predicted octanol–water partition coefficient (Wildman–Crippen LogP) is 4.11. The number of nitrogens with zero attached hydrogens (tertiary/aromatic N) is 1. The SMILES string of the molecule is Fc1cccc(Br)c1[C@H](C1CCCCC1)N1CCNCC1. The standard InChI is InChI=1S/C17H24BrFN2/c18-14-7-4-8-15(19)16(14)17(13-5-2-1-3-6-13)21-11-9-20-10-12-21/h4,7-8,13,17,20H,1-3,5-6,9-12H2/t17-/m0/s1. The van der Waals surface area contributed by atoms with Crippen LogP contribution in [0.4, 0.5) is 4.39 Å². The molecule has 0 amide bonds. The summed E-state index contributed by atoms with van der Waals surface area (Å²) in [5, 5.41) is 3.41. The van der Waals surface area contributed by atoms with Gasteiger partial charge in [0.05, 0.1) is 0 Å². The van der Waals surface area contributed by atoms with Crippen molar-refractivity contribution < 1.29 is 4.39 Å². The van der Waals surface area contributed by atoms with Crippen molar-refractivity contribution in [3.63, 3.8) is 0 Å². The molecule has 1 saturated carbocycles. The fourth-order valence-electron chi connectivity index (χ4n) is 3.92. The summed E-state index contributed by atoms with van der Waals surface area (Å²) in [5.74, 6) is 0.531. The van der Waals surface area contributed by atoms with Crippen LogP contribution in [0.15, 0.2) is 22.7 Å². The molecule has 21 heavy (non-hydrogen) atoms.